The van der Waals surface area contributed by atoms with Crippen molar-refractivity contribution in [2.45, 2.75) is 6.54 Å². The summed E-state index contributed by atoms with van der Waals surface area (Å²) in [4.78, 5) is 43.5. The number of anilines is 1. The third-order valence-electron chi connectivity index (χ3n) is 6.13. The van der Waals surface area contributed by atoms with Crippen LogP contribution in [-0.2, 0) is 11.3 Å². The summed E-state index contributed by atoms with van der Waals surface area (Å²) in [7, 11) is 1.54. The maximum absolute atomic E-state index is 13.7. The fourth-order valence-electron chi connectivity index (χ4n) is 4.52. The second-order valence-electron chi connectivity index (χ2n) is 8.55. The second-order valence-corrected chi connectivity index (χ2v) is 9.47. The summed E-state index contributed by atoms with van der Waals surface area (Å²) in [6.07, 6.45) is 0. The molecule has 0 saturated carbocycles. The SMILES string of the molecule is COCCNC(=O)c1c(-n2c(=O)[nH]c3ccccc3c2=O)c2cc(Br)ccc2n1Cc1cccc(N)c1. The summed E-state index contributed by atoms with van der Waals surface area (Å²) in [5.74, 6) is -0.442. The van der Waals surface area contributed by atoms with Gasteiger partial charge in [-0.25, -0.2) is 9.36 Å². The number of ether oxygens (including phenoxy) is 1. The Hall–Kier alpha value is -4.15. The second kappa shape index (κ2) is 10.1. The summed E-state index contributed by atoms with van der Waals surface area (Å²) in [6, 6.07) is 19.6. The Morgan fingerprint density at radius 1 is 1.05 bits per heavy atom. The van der Waals surface area contributed by atoms with Crippen LogP contribution in [0.3, 0.4) is 0 Å². The van der Waals surface area contributed by atoms with E-state index in [-0.39, 0.29) is 24.5 Å². The predicted octanol–water partition coefficient (Wildman–Crippen LogP) is 3.40. The summed E-state index contributed by atoms with van der Waals surface area (Å²) in [6.45, 7) is 0.844. The molecule has 0 aliphatic heterocycles. The Kier molecular flexibility index (Phi) is 6.68. The Morgan fingerprint density at radius 3 is 2.65 bits per heavy atom. The molecule has 0 spiro atoms. The van der Waals surface area contributed by atoms with E-state index in [2.05, 4.69) is 26.2 Å². The number of amides is 1. The van der Waals surface area contributed by atoms with Gasteiger partial charge in [0.1, 0.15) is 5.69 Å². The van der Waals surface area contributed by atoms with Crippen LogP contribution >= 0.6 is 15.9 Å². The Labute approximate surface area is 219 Å². The van der Waals surface area contributed by atoms with Crippen LogP contribution in [0, 0.1) is 0 Å². The molecule has 1 amide bonds. The Balaban J connectivity index is 1.86. The number of carbonyl (C=O) groups excluding carboxylic acids is 1. The lowest BCUT2D eigenvalue weighted by Gasteiger charge is -2.14. The number of hydrogen-bond donors (Lipinski definition) is 3. The number of nitrogens with one attached hydrogen (secondary N) is 2. The number of fused-ring (bicyclic) bond motifs is 2. The van der Waals surface area contributed by atoms with Crippen LogP contribution in [0.25, 0.3) is 27.5 Å². The Bertz CT molecular complexity index is 1770. The van der Waals surface area contributed by atoms with E-state index in [9.17, 15) is 14.4 Å². The fraction of sp³-hybridized carbons (Fsp3) is 0.148. The van der Waals surface area contributed by atoms with Gasteiger partial charge in [-0.1, -0.05) is 40.2 Å². The van der Waals surface area contributed by atoms with Crippen molar-refractivity contribution in [1.29, 1.82) is 0 Å². The highest BCUT2D eigenvalue weighted by Gasteiger charge is 2.27. The highest BCUT2D eigenvalue weighted by molar-refractivity contribution is 9.10. The number of hydrogen-bond acceptors (Lipinski definition) is 5. The van der Waals surface area contributed by atoms with Gasteiger partial charge in [-0.05, 0) is 48.0 Å². The fourth-order valence-corrected chi connectivity index (χ4v) is 4.88. The third-order valence-corrected chi connectivity index (χ3v) is 6.62. The van der Waals surface area contributed by atoms with E-state index in [1.54, 1.807) is 48.1 Å². The van der Waals surface area contributed by atoms with Gasteiger partial charge in [-0.15, -0.1) is 0 Å². The number of nitrogens with two attached hydrogens (primary N) is 1. The highest BCUT2D eigenvalue weighted by Crippen LogP contribution is 2.32. The molecule has 10 heteroatoms. The van der Waals surface area contributed by atoms with Crippen LogP contribution in [0.15, 0.2) is 80.8 Å². The first-order valence-electron chi connectivity index (χ1n) is 11.6. The molecular weight excluding hydrogens is 538 g/mol. The number of benzene rings is 3. The van der Waals surface area contributed by atoms with Crippen molar-refractivity contribution in [1.82, 2.24) is 19.4 Å². The number of nitrogens with zero attached hydrogens (tertiary/aromatic N) is 2. The molecule has 0 aliphatic carbocycles. The normalized spacial score (nSPS) is 11.3. The summed E-state index contributed by atoms with van der Waals surface area (Å²) in [5, 5.41) is 3.75. The van der Waals surface area contributed by atoms with Gasteiger partial charge in [-0.2, -0.15) is 0 Å². The van der Waals surface area contributed by atoms with E-state index in [0.717, 1.165) is 14.6 Å². The van der Waals surface area contributed by atoms with Crippen molar-refractivity contribution in [2.24, 2.45) is 0 Å². The van der Waals surface area contributed by atoms with Crippen LogP contribution in [-0.4, -0.2) is 40.3 Å². The average Bonchev–Trinajstić information content (AvgIpc) is 3.17. The van der Waals surface area contributed by atoms with Crippen molar-refractivity contribution in [2.75, 3.05) is 26.0 Å². The molecule has 188 valence electrons. The van der Waals surface area contributed by atoms with E-state index in [4.69, 9.17) is 10.5 Å². The van der Waals surface area contributed by atoms with E-state index in [0.29, 0.717) is 34.1 Å². The largest absolute Gasteiger partial charge is 0.399 e. The monoisotopic (exact) mass is 561 g/mol. The van der Waals surface area contributed by atoms with E-state index >= 15 is 0 Å². The number of rotatable bonds is 7. The number of aromatic nitrogens is 3. The maximum Gasteiger partial charge on any atom is 0.333 e. The lowest BCUT2D eigenvalue weighted by molar-refractivity contribution is 0.0928. The standard InChI is InChI=1S/C27H24BrN5O4/c1-37-12-11-30-25(34)24-23(33-26(35)19-7-2-3-8-21(19)31-27(33)36)20-14-17(28)9-10-22(20)32(24)15-16-5-4-6-18(29)13-16/h2-10,13-14H,11-12,15,29H2,1H3,(H,30,34)(H,31,36). The molecule has 5 rings (SSSR count). The van der Waals surface area contributed by atoms with E-state index in [1.165, 1.54) is 0 Å². The van der Waals surface area contributed by atoms with Gasteiger partial charge in [0.15, 0.2) is 0 Å². The van der Waals surface area contributed by atoms with E-state index in [1.807, 2.05) is 30.3 Å². The Morgan fingerprint density at radius 2 is 1.86 bits per heavy atom. The smallest absolute Gasteiger partial charge is 0.333 e. The number of H-pyrrole nitrogens is 1. The summed E-state index contributed by atoms with van der Waals surface area (Å²) in [5.41, 5.74) is 7.77. The molecule has 0 saturated heterocycles. The lowest BCUT2D eigenvalue weighted by Crippen LogP contribution is -2.36. The summed E-state index contributed by atoms with van der Waals surface area (Å²) >= 11 is 3.50. The van der Waals surface area contributed by atoms with Crippen molar-refractivity contribution in [3.8, 4) is 5.69 Å². The topological polar surface area (TPSA) is 124 Å². The molecule has 0 bridgehead atoms. The van der Waals surface area contributed by atoms with Gasteiger partial charge in [0.2, 0.25) is 0 Å². The van der Waals surface area contributed by atoms with Crippen molar-refractivity contribution < 1.29 is 9.53 Å². The molecule has 3 aromatic carbocycles. The number of nitrogen functional groups attached to an aromatic ring is 1. The molecule has 9 nitrogen and oxygen atoms in total. The van der Waals surface area contributed by atoms with Crippen LogP contribution in [0.4, 0.5) is 5.69 Å². The van der Waals surface area contributed by atoms with Gasteiger partial charge in [0.05, 0.1) is 28.7 Å². The molecule has 5 aromatic rings. The van der Waals surface area contributed by atoms with Crippen molar-refractivity contribution in [3.05, 3.63) is 103 Å². The molecule has 4 N–H and O–H groups in total. The zero-order valence-electron chi connectivity index (χ0n) is 20.0. The highest BCUT2D eigenvalue weighted by atomic mass is 79.9. The molecule has 0 atom stereocenters. The van der Waals surface area contributed by atoms with Gasteiger partial charge in [0.25, 0.3) is 11.5 Å². The van der Waals surface area contributed by atoms with Gasteiger partial charge >= 0.3 is 5.69 Å². The zero-order chi connectivity index (χ0) is 26.1. The van der Waals surface area contributed by atoms with Crippen LogP contribution in [0.1, 0.15) is 16.1 Å². The molecule has 0 radical (unpaired) electrons. The van der Waals surface area contributed by atoms with Crippen LogP contribution in [0.5, 0.6) is 0 Å². The minimum absolute atomic E-state index is 0.175. The number of aromatic amines is 1. The van der Waals surface area contributed by atoms with Gasteiger partial charge < -0.3 is 25.3 Å². The summed E-state index contributed by atoms with van der Waals surface area (Å²) < 4.78 is 8.67. The van der Waals surface area contributed by atoms with Crippen molar-refractivity contribution in [3.63, 3.8) is 0 Å². The molecule has 37 heavy (non-hydrogen) atoms. The molecule has 0 unspecified atom stereocenters. The lowest BCUT2D eigenvalue weighted by atomic mass is 10.2. The number of carbonyl (C=O) groups is 1. The van der Waals surface area contributed by atoms with Crippen LogP contribution < -0.4 is 22.3 Å². The van der Waals surface area contributed by atoms with Crippen molar-refractivity contribution >= 4 is 49.3 Å². The number of para-hydroxylation sites is 1. The average molecular weight is 562 g/mol. The first-order valence-corrected chi connectivity index (χ1v) is 12.4. The predicted molar refractivity (Wildman–Crippen MR) is 148 cm³/mol. The molecule has 0 fully saturated rings. The quantitative estimate of drug-likeness (QED) is 0.207. The molecule has 0 aliphatic rings. The molecule has 2 heterocycles. The minimum Gasteiger partial charge on any atom is -0.399 e. The van der Waals surface area contributed by atoms with Gasteiger partial charge in [0, 0.05) is 35.7 Å². The minimum atomic E-state index is -0.641. The third kappa shape index (κ3) is 4.56. The first kappa shape index (κ1) is 24.5. The number of methoxy groups -OCH3 is 1. The first-order chi connectivity index (χ1) is 17.9. The molecule has 2 aromatic heterocycles. The number of halogens is 1. The van der Waals surface area contributed by atoms with Crippen LogP contribution in [0.2, 0.25) is 0 Å². The maximum atomic E-state index is 13.7. The van der Waals surface area contributed by atoms with E-state index < -0.39 is 17.2 Å². The van der Waals surface area contributed by atoms with Gasteiger partial charge in [-0.3, -0.25) is 9.59 Å². The zero-order valence-corrected chi connectivity index (χ0v) is 21.5. The molecular formula is C27H24BrN5O4.